The van der Waals surface area contributed by atoms with Crippen molar-refractivity contribution in [3.05, 3.63) is 28.7 Å². The van der Waals surface area contributed by atoms with Gasteiger partial charge in [-0.05, 0) is 52.0 Å². The molecular weight excluding hydrogens is 322 g/mol. The van der Waals surface area contributed by atoms with E-state index in [0.717, 1.165) is 4.47 Å². The summed E-state index contributed by atoms with van der Waals surface area (Å²) in [5, 5.41) is 23.1. The monoisotopic (exact) mass is 345 g/mol. The third kappa shape index (κ3) is 5.40. The number of benzene rings is 1. The molecule has 114 valence electrons. The predicted octanol–water partition coefficient (Wildman–Crippen LogP) is 2.33. The molecule has 3 N–H and O–H groups in total. The molecule has 0 aliphatic heterocycles. The van der Waals surface area contributed by atoms with E-state index in [4.69, 9.17) is 4.74 Å². The number of aliphatic hydroxyl groups excluding tert-OH is 1. The van der Waals surface area contributed by atoms with Crippen molar-refractivity contribution >= 4 is 15.9 Å². The van der Waals surface area contributed by atoms with Crippen LogP contribution in [0.5, 0.6) is 5.75 Å². The zero-order valence-electron chi connectivity index (χ0n) is 12.5. The third-order valence-corrected chi connectivity index (χ3v) is 4.09. The van der Waals surface area contributed by atoms with Gasteiger partial charge in [0.25, 0.3) is 0 Å². The van der Waals surface area contributed by atoms with E-state index in [1.165, 1.54) is 0 Å². The molecule has 0 bridgehead atoms. The molecular formula is C15H24BrNO3. The van der Waals surface area contributed by atoms with Crippen LogP contribution in [0, 0.1) is 0 Å². The van der Waals surface area contributed by atoms with Crippen molar-refractivity contribution in [1.29, 1.82) is 0 Å². The maximum Gasteiger partial charge on any atom is 0.119 e. The van der Waals surface area contributed by atoms with Gasteiger partial charge in [0.2, 0.25) is 0 Å². The molecule has 1 rings (SSSR count). The molecule has 1 aromatic carbocycles. The number of β-amino-alcohol motifs (C(OH)–C–C–N with tert-alkyl or cyclic N) is 1. The number of nitrogens with one attached hydrogen (secondary N) is 1. The number of hydrogen-bond acceptors (Lipinski definition) is 4. The number of rotatable bonds is 7. The molecule has 0 spiro atoms. The lowest BCUT2D eigenvalue weighted by Crippen LogP contribution is -2.57. The Morgan fingerprint density at radius 3 is 2.25 bits per heavy atom. The van der Waals surface area contributed by atoms with Crippen LogP contribution in [0.25, 0.3) is 0 Å². The zero-order valence-corrected chi connectivity index (χ0v) is 14.1. The van der Waals surface area contributed by atoms with E-state index in [1.54, 1.807) is 13.8 Å². The molecule has 0 saturated carbocycles. The Morgan fingerprint density at radius 2 is 1.75 bits per heavy atom. The molecule has 0 saturated heterocycles. The number of hydrogen-bond donors (Lipinski definition) is 3. The normalized spacial score (nSPS) is 14.2. The lowest BCUT2D eigenvalue weighted by atomic mass is 9.86. The van der Waals surface area contributed by atoms with Crippen LogP contribution in [0.3, 0.4) is 0 Å². The molecule has 0 aliphatic carbocycles. The first-order valence-corrected chi connectivity index (χ1v) is 7.45. The minimum absolute atomic E-state index is 0.205. The topological polar surface area (TPSA) is 61.7 Å². The fraction of sp³-hybridized carbons (Fsp3) is 0.600. The Morgan fingerprint density at radius 1 is 1.20 bits per heavy atom. The molecule has 0 amide bonds. The zero-order chi connectivity index (χ0) is 15.4. The summed E-state index contributed by atoms with van der Waals surface area (Å²) in [4.78, 5) is 0. The highest BCUT2D eigenvalue weighted by Crippen LogP contribution is 2.20. The van der Waals surface area contributed by atoms with Gasteiger partial charge in [0.1, 0.15) is 18.5 Å². The Balaban J connectivity index is 2.37. The van der Waals surface area contributed by atoms with Gasteiger partial charge in [0, 0.05) is 16.6 Å². The Kier molecular flexibility index (Phi) is 6.01. The van der Waals surface area contributed by atoms with Gasteiger partial charge in [-0.15, -0.1) is 0 Å². The van der Waals surface area contributed by atoms with Gasteiger partial charge in [0.05, 0.1) is 5.60 Å². The van der Waals surface area contributed by atoms with E-state index >= 15 is 0 Å². The molecule has 0 heterocycles. The summed E-state index contributed by atoms with van der Waals surface area (Å²) in [7, 11) is 0. The van der Waals surface area contributed by atoms with E-state index in [1.807, 2.05) is 38.1 Å². The standard InChI is InChI=1S/C15H24BrNO3/c1-14(2,15(3,4)19)17-9-12(18)10-20-13-7-5-11(16)6-8-13/h5-8,12,17-19H,9-10H2,1-4H3. The molecule has 1 aromatic rings. The fourth-order valence-electron chi connectivity index (χ4n) is 1.37. The molecule has 4 nitrogen and oxygen atoms in total. The SMILES string of the molecule is CC(C)(O)C(C)(C)NCC(O)COc1ccc(Br)cc1. The first-order chi connectivity index (χ1) is 9.12. The first kappa shape index (κ1) is 17.4. The van der Waals surface area contributed by atoms with Crippen LogP contribution in [0.2, 0.25) is 0 Å². The Labute approximate surface area is 129 Å². The van der Waals surface area contributed by atoms with Crippen LogP contribution in [0.1, 0.15) is 27.7 Å². The minimum Gasteiger partial charge on any atom is -0.491 e. The van der Waals surface area contributed by atoms with E-state index in [-0.39, 0.29) is 6.61 Å². The molecule has 20 heavy (non-hydrogen) atoms. The highest BCUT2D eigenvalue weighted by atomic mass is 79.9. The average Bonchev–Trinajstić information content (AvgIpc) is 2.34. The van der Waals surface area contributed by atoms with Crippen LogP contribution in [-0.4, -0.2) is 40.6 Å². The summed E-state index contributed by atoms with van der Waals surface area (Å²) in [5.74, 6) is 0.717. The quantitative estimate of drug-likeness (QED) is 0.709. The van der Waals surface area contributed by atoms with Gasteiger partial charge in [-0.3, -0.25) is 0 Å². The van der Waals surface area contributed by atoms with Crippen molar-refractivity contribution in [2.75, 3.05) is 13.2 Å². The van der Waals surface area contributed by atoms with Crippen molar-refractivity contribution in [3.8, 4) is 5.75 Å². The number of aliphatic hydroxyl groups is 2. The van der Waals surface area contributed by atoms with Crippen molar-refractivity contribution in [3.63, 3.8) is 0 Å². The molecule has 0 fully saturated rings. The van der Waals surface area contributed by atoms with Crippen molar-refractivity contribution in [2.24, 2.45) is 0 Å². The maximum atomic E-state index is 10.0. The molecule has 0 aromatic heterocycles. The summed E-state index contributed by atoms with van der Waals surface area (Å²) in [6.45, 7) is 7.84. The number of halogens is 1. The fourth-order valence-corrected chi connectivity index (χ4v) is 1.64. The Hall–Kier alpha value is -0.620. The molecule has 0 aliphatic rings. The minimum atomic E-state index is -0.876. The highest BCUT2D eigenvalue weighted by molar-refractivity contribution is 9.10. The molecule has 0 radical (unpaired) electrons. The van der Waals surface area contributed by atoms with E-state index in [9.17, 15) is 10.2 Å². The summed E-state index contributed by atoms with van der Waals surface area (Å²) in [5.41, 5.74) is -1.37. The third-order valence-electron chi connectivity index (χ3n) is 3.57. The van der Waals surface area contributed by atoms with Crippen LogP contribution >= 0.6 is 15.9 Å². The number of ether oxygens (including phenoxy) is 1. The maximum absolute atomic E-state index is 10.0. The second-order valence-corrected chi connectivity index (χ2v) is 6.90. The summed E-state index contributed by atoms with van der Waals surface area (Å²) in [6.07, 6.45) is -0.639. The van der Waals surface area contributed by atoms with Gasteiger partial charge < -0.3 is 20.3 Å². The Bertz CT molecular complexity index is 412. The van der Waals surface area contributed by atoms with Gasteiger partial charge in [-0.2, -0.15) is 0 Å². The van der Waals surface area contributed by atoms with E-state index in [2.05, 4.69) is 21.2 Å². The van der Waals surface area contributed by atoms with Gasteiger partial charge in [-0.25, -0.2) is 0 Å². The summed E-state index contributed by atoms with van der Waals surface area (Å²) >= 11 is 3.35. The van der Waals surface area contributed by atoms with Gasteiger partial charge in [-0.1, -0.05) is 15.9 Å². The lowest BCUT2D eigenvalue weighted by molar-refractivity contribution is -0.0120. The van der Waals surface area contributed by atoms with Crippen LogP contribution in [0.15, 0.2) is 28.7 Å². The van der Waals surface area contributed by atoms with E-state index < -0.39 is 17.2 Å². The van der Waals surface area contributed by atoms with Crippen molar-refractivity contribution < 1.29 is 14.9 Å². The molecule has 1 unspecified atom stereocenters. The molecule has 1 atom stereocenters. The van der Waals surface area contributed by atoms with Crippen molar-refractivity contribution in [2.45, 2.75) is 44.9 Å². The summed E-state index contributed by atoms with van der Waals surface area (Å²) in [6, 6.07) is 7.45. The highest BCUT2D eigenvalue weighted by Gasteiger charge is 2.34. The first-order valence-electron chi connectivity index (χ1n) is 6.66. The molecule has 5 heteroatoms. The lowest BCUT2D eigenvalue weighted by Gasteiger charge is -2.38. The van der Waals surface area contributed by atoms with Gasteiger partial charge >= 0.3 is 0 Å². The smallest absolute Gasteiger partial charge is 0.119 e. The average molecular weight is 346 g/mol. The second-order valence-electron chi connectivity index (χ2n) is 5.98. The predicted molar refractivity (Wildman–Crippen MR) is 84.0 cm³/mol. The largest absolute Gasteiger partial charge is 0.491 e. The van der Waals surface area contributed by atoms with Crippen LogP contribution in [0.4, 0.5) is 0 Å². The second kappa shape index (κ2) is 6.89. The van der Waals surface area contributed by atoms with Crippen LogP contribution < -0.4 is 10.1 Å². The van der Waals surface area contributed by atoms with E-state index in [0.29, 0.717) is 12.3 Å². The summed E-state index contributed by atoms with van der Waals surface area (Å²) < 4.78 is 6.49. The van der Waals surface area contributed by atoms with Crippen molar-refractivity contribution in [1.82, 2.24) is 5.32 Å². The van der Waals surface area contributed by atoms with Gasteiger partial charge in [0.15, 0.2) is 0 Å². The van der Waals surface area contributed by atoms with Crippen LogP contribution in [-0.2, 0) is 0 Å².